The summed E-state index contributed by atoms with van der Waals surface area (Å²) in [6.45, 7) is 2.10. The predicted molar refractivity (Wildman–Crippen MR) is 117 cm³/mol. The van der Waals surface area contributed by atoms with Gasteiger partial charge in [0.2, 0.25) is 0 Å². The van der Waals surface area contributed by atoms with E-state index in [0.717, 1.165) is 25.0 Å². The lowest BCUT2D eigenvalue weighted by Crippen LogP contribution is -2.36. The highest BCUT2D eigenvalue weighted by molar-refractivity contribution is 7.91. The largest absolute Gasteiger partial charge is 0.495 e. The summed E-state index contributed by atoms with van der Waals surface area (Å²) in [6.07, 6.45) is 1.32. The van der Waals surface area contributed by atoms with E-state index >= 15 is 0 Å². The van der Waals surface area contributed by atoms with Crippen LogP contribution in [0.3, 0.4) is 0 Å². The Hall–Kier alpha value is -3.34. The van der Waals surface area contributed by atoms with Crippen molar-refractivity contribution in [2.45, 2.75) is 26.2 Å². The van der Waals surface area contributed by atoms with Crippen molar-refractivity contribution in [3.05, 3.63) is 48.0 Å². The number of unbranched alkanes of at least 4 members (excludes halogenated alkanes) is 2. The maximum Gasteiger partial charge on any atom is 0.422 e. The lowest BCUT2D eigenvalue weighted by molar-refractivity contribution is 0.150. The normalized spacial score (nSPS) is 11.4. The lowest BCUT2D eigenvalue weighted by atomic mass is 10.1. The zero-order valence-electron chi connectivity index (χ0n) is 17.5. The molecule has 1 amide bonds. The topological polar surface area (TPSA) is 110 Å². The van der Waals surface area contributed by atoms with E-state index in [9.17, 15) is 22.0 Å². The van der Waals surface area contributed by atoms with Crippen molar-refractivity contribution >= 4 is 32.9 Å². The summed E-state index contributed by atoms with van der Waals surface area (Å²) in [7, 11) is -2.95. The molecule has 3 aromatic rings. The van der Waals surface area contributed by atoms with Crippen LogP contribution < -0.4 is 14.2 Å². The second kappa shape index (κ2) is 9.86. The number of H-pyrrole nitrogens is 1. The number of carbonyl (C=O) groups excluding carboxylic acids is 1. The average molecular weight is 467 g/mol. The zero-order valence-corrected chi connectivity index (χ0v) is 18.3. The van der Waals surface area contributed by atoms with Gasteiger partial charge in [-0.1, -0.05) is 19.8 Å². The highest BCUT2D eigenvalue weighted by Crippen LogP contribution is 2.32. The fourth-order valence-electron chi connectivity index (χ4n) is 3.06. The number of benzene rings is 2. The summed E-state index contributed by atoms with van der Waals surface area (Å²) < 4.78 is 65.8. The molecule has 1 aromatic heterocycles. The van der Waals surface area contributed by atoms with Crippen molar-refractivity contribution in [2.24, 2.45) is 0 Å². The molecule has 0 spiro atoms. The second-order valence-electron chi connectivity index (χ2n) is 7.00. The average Bonchev–Trinajstić information content (AvgIpc) is 3.13. The number of halogens is 2. The van der Waals surface area contributed by atoms with Gasteiger partial charge < -0.3 is 14.5 Å². The SMILES string of the molecule is CCCCCOC(=O)NS(=O)(=O)Nc1cc(-c2cc3cc(F)c(F)cc3[nH]2)ccc1OC. The minimum Gasteiger partial charge on any atom is -0.495 e. The van der Waals surface area contributed by atoms with E-state index in [0.29, 0.717) is 28.6 Å². The summed E-state index contributed by atoms with van der Waals surface area (Å²) in [5.41, 5.74) is 1.44. The van der Waals surface area contributed by atoms with Crippen LogP contribution in [0.2, 0.25) is 0 Å². The number of fused-ring (bicyclic) bond motifs is 1. The summed E-state index contributed by atoms with van der Waals surface area (Å²) in [6, 6.07) is 8.32. The number of hydrogen-bond acceptors (Lipinski definition) is 5. The Labute approximate surface area is 184 Å². The van der Waals surface area contributed by atoms with Crippen LogP contribution in [0.25, 0.3) is 22.2 Å². The molecule has 11 heteroatoms. The van der Waals surface area contributed by atoms with Crippen molar-refractivity contribution in [2.75, 3.05) is 18.4 Å². The molecule has 3 N–H and O–H groups in total. The number of rotatable bonds is 9. The Bertz CT molecular complexity index is 1190. The van der Waals surface area contributed by atoms with Gasteiger partial charge in [0.25, 0.3) is 0 Å². The number of methoxy groups -OCH3 is 1. The number of hydrogen-bond donors (Lipinski definition) is 3. The van der Waals surface area contributed by atoms with Gasteiger partial charge in [-0.25, -0.2) is 18.3 Å². The van der Waals surface area contributed by atoms with Crippen LogP contribution in [0.4, 0.5) is 19.3 Å². The van der Waals surface area contributed by atoms with Gasteiger partial charge in [0.1, 0.15) is 5.75 Å². The Kier molecular flexibility index (Phi) is 7.18. The van der Waals surface area contributed by atoms with Crippen LogP contribution in [0.5, 0.6) is 5.75 Å². The van der Waals surface area contributed by atoms with Crippen LogP contribution in [-0.2, 0) is 14.9 Å². The van der Waals surface area contributed by atoms with Gasteiger partial charge in [-0.3, -0.25) is 4.72 Å². The van der Waals surface area contributed by atoms with Crippen molar-refractivity contribution in [1.29, 1.82) is 0 Å². The summed E-state index contributed by atoms with van der Waals surface area (Å²) >= 11 is 0. The Morgan fingerprint density at radius 1 is 1.09 bits per heavy atom. The molecule has 0 saturated carbocycles. The van der Waals surface area contributed by atoms with E-state index < -0.39 is 27.9 Å². The van der Waals surface area contributed by atoms with Crippen LogP contribution in [-0.4, -0.2) is 33.2 Å². The van der Waals surface area contributed by atoms with E-state index in [1.807, 2.05) is 6.92 Å². The molecule has 0 aliphatic rings. The van der Waals surface area contributed by atoms with Crippen molar-refractivity contribution in [3.8, 4) is 17.0 Å². The van der Waals surface area contributed by atoms with Gasteiger partial charge in [0.05, 0.1) is 19.4 Å². The number of amides is 1. The van der Waals surface area contributed by atoms with Crippen LogP contribution in [0.1, 0.15) is 26.2 Å². The maximum atomic E-state index is 13.5. The smallest absolute Gasteiger partial charge is 0.422 e. The molecule has 8 nitrogen and oxygen atoms in total. The quantitative estimate of drug-likeness (QED) is 0.396. The zero-order chi connectivity index (χ0) is 23.3. The molecule has 0 aliphatic heterocycles. The second-order valence-corrected chi connectivity index (χ2v) is 8.42. The van der Waals surface area contributed by atoms with Crippen LogP contribution in [0, 0.1) is 11.6 Å². The monoisotopic (exact) mass is 467 g/mol. The fraction of sp³-hybridized carbons (Fsp3) is 0.286. The summed E-state index contributed by atoms with van der Waals surface area (Å²) in [4.78, 5) is 14.7. The molecule has 0 radical (unpaired) electrons. The van der Waals surface area contributed by atoms with Crippen molar-refractivity contribution in [1.82, 2.24) is 9.71 Å². The standard InChI is InChI=1S/C21H23F2N3O5S/c1-3-4-5-8-31-21(27)26-32(28,29)25-19-10-13(6-7-20(19)30-2)17-11-14-9-15(22)16(23)12-18(14)24-17/h6-7,9-12,24-25H,3-5,8H2,1-2H3,(H,26,27). The number of ether oxygens (including phenoxy) is 2. The molecule has 3 rings (SSSR count). The first-order valence-electron chi connectivity index (χ1n) is 9.86. The third-order valence-electron chi connectivity index (χ3n) is 4.62. The lowest BCUT2D eigenvalue weighted by Gasteiger charge is -2.14. The van der Waals surface area contributed by atoms with Gasteiger partial charge in [-0.05, 0) is 36.8 Å². The molecule has 1 heterocycles. The molecule has 0 unspecified atom stereocenters. The van der Waals surface area contributed by atoms with Crippen molar-refractivity contribution < 1.29 is 31.5 Å². The van der Waals surface area contributed by atoms with E-state index in [-0.39, 0.29) is 18.0 Å². The molecule has 0 fully saturated rings. The molecular weight excluding hydrogens is 444 g/mol. The third-order valence-corrected chi connectivity index (χ3v) is 5.54. The van der Waals surface area contributed by atoms with Gasteiger partial charge in [0.15, 0.2) is 11.6 Å². The molecule has 172 valence electrons. The predicted octanol–water partition coefficient (Wildman–Crippen LogP) is 4.69. The molecule has 0 saturated heterocycles. The molecule has 32 heavy (non-hydrogen) atoms. The molecule has 0 bridgehead atoms. The number of aromatic nitrogens is 1. The van der Waals surface area contributed by atoms with E-state index in [4.69, 9.17) is 9.47 Å². The first-order chi connectivity index (χ1) is 15.2. The van der Waals surface area contributed by atoms with Gasteiger partial charge >= 0.3 is 16.3 Å². The Balaban J connectivity index is 1.81. The van der Waals surface area contributed by atoms with E-state index in [1.165, 1.54) is 19.2 Å². The van der Waals surface area contributed by atoms with Gasteiger partial charge in [0, 0.05) is 28.2 Å². The molecule has 0 aliphatic carbocycles. The maximum absolute atomic E-state index is 13.5. The summed E-state index contributed by atoms with van der Waals surface area (Å²) in [5, 5.41) is 0.448. The number of carbonyl (C=O) groups is 1. The number of nitrogens with one attached hydrogen (secondary N) is 3. The number of aromatic amines is 1. The third kappa shape index (κ3) is 5.67. The first-order valence-corrected chi connectivity index (χ1v) is 11.3. The van der Waals surface area contributed by atoms with E-state index in [2.05, 4.69) is 9.71 Å². The van der Waals surface area contributed by atoms with Gasteiger partial charge in [-0.2, -0.15) is 8.42 Å². The summed E-state index contributed by atoms with van der Waals surface area (Å²) in [5.74, 6) is -1.76. The number of anilines is 1. The highest BCUT2D eigenvalue weighted by Gasteiger charge is 2.19. The van der Waals surface area contributed by atoms with Crippen LogP contribution in [0.15, 0.2) is 36.4 Å². The fourth-order valence-corrected chi connectivity index (χ4v) is 3.84. The molecule has 0 atom stereocenters. The molecular formula is C21H23F2N3O5S. The van der Waals surface area contributed by atoms with Gasteiger partial charge in [-0.15, -0.1) is 0 Å². The van der Waals surface area contributed by atoms with E-state index in [1.54, 1.807) is 16.9 Å². The Morgan fingerprint density at radius 2 is 1.84 bits per heavy atom. The minimum absolute atomic E-state index is 0.0484. The minimum atomic E-state index is -4.31. The van der Waals surface area contributed by atoms with Crippen LogP contribution >= 0.6 is 0 Å². The van der Waals surface area contributed by atoms with Crippen molar-refractivity contribution in [3.63, 3.8) is 0 Å². The first kappa shape index (κ1) is 23.3. The molecule has 2 aromatic carbocycles. The highest BCUT2D eigenvalue weighted by atomic mass is 32.2. The Morgan fingerprint density at radius 3 is 2.56 bits per heavy atom.